The number of fused-ring (bicyclic) bond motifs is 2. The predicted octanol–water partition coefficient (Wildman–Crippen LogP) is 1.10. The lowest BCUT2D eigenvalue weighted by Gasteiger charge is -2.54. The number of anilines is 1. The van der Waals surface area contributed by atoms with Gasteiger partial charge in [-0.15, -0.1) is 9.35 Å². The second-order valence-electron chi connectivity index (χ2n) is 5.42. The van der Waals surface area contributed by atoms with Crippen LogP contribution in [-0.2, 0) is 49.2 Å². The zero-order chi connectivity index (χ0) is 17.3. The summed E-state index contributed by atoms with van der Waals surface area (Å²) in [7, 11) is -12.0. The molecule has 17 nitrogen and oxygen atoms in total. The Morgan fingerprint density at radius 1 is 1.08 bits per heavy atom. The number of hydroxylamine groups is 1. The van der Waals surface area contributed by atoms with Gasteiger partial charge in [0, 0.05) is 0 Å². The lowest BCUT2D eigenvalue weighted by Crippen LogP contribution is -2.49. The van der Waals surface area contributed by atoms with E-state index in [0.717, 1.165) is 9.90 Å². The largest absolute Gasteiger partial charge is 0.571 e. The molecule has 1 spiro atoms. The Kier molecular flexibility index (Phi) is 1.80. The summed E-state index contributed by atoms with van der Waals surface area (Å²) < 4.78 is 82.4. The first kappa shape index (κ1) is 13.9. The molecular weight excluding hydrogens is 447 g/mol. The van der Waals surface area contributed by atoms with E-state index in [9.17, 15) is 13.7 Å². The van der Waals surface area contributed by atoms with Crippen LogP contribution in [0.1, 0.15) is 5.69 Å². The van der Waals surface area contributed by atoms with Crippen molar-refractivity contribution in [2.75, 3.05) is 5.01 Å². The van der Waals surface area contributed by atoms with Gasteiger partial charge in [0.15, 0.2) is 11.5 Å². The molecule has 0 saturated carbocycles. The number of hydrazine groups is 1. The summed E-state index contributed by atoms with van der Waals surface area (Å²) in [5.74, 6) is -1.48. The Morgan fingerprint density at radius 3 is 2.58 bits per heavy atom. The van der Waals surface area contributed by atoms with Crippen molar-refractivity contribution in [1.29, 1.82) is 0 Å². The average molecular weight is 447 g/mol. The first-order valence-corrected chi connectivity index (χ1v) is 12.3. The smallest absolute Gasteiger partial charge is 0.365 e. The SMILES string of the molecule is O=P12On3c4nc5c3C(N=C3N(OP(=O)(OS67OP(=O)(O6)O7)O4)N35)(O1)O2. The highest BCUT2D eigenvalue weighted by Gasteiger charge is 2.79. The fourth-order valence-corrected chi connectivity index (χ4v) is 9.87. The molecule has 5 saturated heterocycles. The Labute approximate surface area is 142 Å². The van der Waals surface area contributed by atoms with Gasteiger partial charge in [0.2, 0.25) is 0 Å². The summed E-state index contributed by atoms with van der Waals surface area (Å²) in [5, 5.41) is 2.20. The van der Waals surface area contributed by atoms with E-state index < -0.39 is 46.5 Å². The van der Waals surface area contributed by atoms with Gasteiger partial charge < -0.3 is 9.15 Å². The Morgan fingerprint density at radius 2 is 1.85 bits per heavy atom. The lowest BCUT2D eigenvalue weighted by atomic mass is 10.3. The average Bonchev–Trinajstić information content (AvgIpc) is 2.96. The molecule has 26 heavy (non-hydrogen) atoms. The molecule has 5 fully saturated rings. The predicted molar refractivity (Wildman–Crippen MR) is 70.9 cm³/mol. The van der Waals surface area contributed by atoms with Gasteiger partial charge in [-0.1, -0.05) is 5.17 Å². The second kappa shape index (κ2) is 3.36. The molecule has 0 amide bonds. The van der Waals surface area contributed by atoms with Crippen LogP contribution in [0.3, 0.4) is 0 Å². The van der Waals surface area contributed by atoms with Crippen molar-refractivity contribution >= 4 is 46.4 Å². The van der Waals surface area contributed by atoms with E-state index in [1.807, 2.05) is 0 Å². The number of phosphoric ester groups is 1. The quantitative estimate of drug-likeness (QED) is 0.466. The molecule has 1 aromatic rings. The molecule has 9 aliphatic heterocycles. The molecule has 1 atom stereocenters. The van der Waals surface area contributed by atoms with Gasteiger partial charge in [-0.05, 0) is 0 Å². The number of aromatic nitrogens is 2. The van der Waals surface area contributed by atoms with Gasteiger partial charge in [-0.25, -0.2) is 22.7 Å². The van der Waals surface area contributed by atoms with Gasteiger partial charge in [0.25, 0.3) is 17.1 Å². The van der Waals surface area contributed by atoms with Crippen molar-refractivity contribution in [3.63, 3.8) is 0 Å². The van der Waals surface area contributed by atoms with E-state index in [4.69, 9.17) is 38.7 Å². The van der Waals surface area contributed by atoms with Crippen molar-refractivity contribution in [3.05, 3.63) is 5.69 Å². The minimum Gasteiger partial charge on any atom is -0.365 e. The highest BCUT2D eigenvalue weighted by molar-refractivity contribution is 8.35. The van der Waals surface area contributed by atoms with Gasteiger partial charge >= 0.3 is 35.4 Å². The van der Waals surface area contributed by atoms with Gasteiger partial charge in [0.1, 0.15) is 0 Å². The molecule has 1 aromatic heterocycles. The summed E-state index contributed by atoms with van der Waals surface area (Å²) in [6.45, 7) is 0. The lowest BCUT2D eigenvalue weighted by molar-refractivity contribution is -0.253. The van der Waals surface area contributed by atoms with Crippen LogP contribution in [0.4, 0.5) is 5.82 Å². The molecular formula is C5N5O12P3S. The zero-order valence-electron chi connectivity index (χ0n) is 11.4. The van der Waals surface area contributed by atoms with Crippen LogP contribution < -0.4 is 14.2 Å². The third-order valence-electron chi connectivity index (χ3n) is 3.79. The second-order valence-corrected chi connectivity index (χ2v) is 12.2. The van der Waals surface area contributed by atoms with Crippen molar-refractivity contribution in [1.82, 2.24) is 14.9 Å². The minimum absolute atomic E-state index is 0.0688. The molecule has 0 radical (unpaired) electrons. The Balaban J connectivity index is 1.29. The molecule has 10 heterocycles. The van der Waals surface area contributed by atoms with E-state index in [0.29, 0.717) is 0 Å². The number of hydrogen-bond acceptors (Lipinski definition) is 16. The van der Waals surface area contributed by atoms with Crippen molar-refractivity contribution < 1.29 is 52.4 Å². The number of aliphatic imine (C=N–C) groups is 1. The van der Waals surface area contributed by atoms with E-state index in [1.165, 1.54) is 5.01 Å². The zero-order valence-corrected chi connectivity index (χ0v) is 14.9. The number of guanidine groups is 1. The van der Waals surface area contributed by atoms with Crippen LogP contribution >= 0.6 is 34.6 Å². The summed E-state index contributed by atoms with van der Waals surface area (Å²) in [4.78, 5) is 8.20. The van der Waals surface area contributed by atoms with Crippen molar-refractivity contribution in [2.45, 2.75) is 5.91 Å². The molecule has 0 aromatic carbocycles. The third-order valence-corrected chi connectivity index (χ3v) is 11.7. The van der Waals surface area contributed by atoms with E-state index in [1.54, 1.807) is 0 Å². The minimum atomic E-state index is -4.54. The number of hydrogen-bond donors (Lipinski definition) is 0. The van der Waals surface area contributed by atoms with Crippen LogP contribution in [0.25, 0.3) is 0 Å². The van der Waals surface area contributed by atoms with E-state index in [-0.39, 0.29) is 17.5 Å². The van der Waals surface area contributed by atoms with Crippen LogP contribution in [0.5, 0.6) is 6.01 Å². The molecule has 0 N–H and O–H groups in total. The van der Waals surface area contributed by atoms with Gasteiger partial charge in [-0.3, -0.25) is 0 Å². The number of rotatable bonds is 2. The monoisotopic (exact) mass is 447 g/mol. The number of imidazole rings is 1. The first-order chi connectivity index (χ1) is 12.2. The number of phosphoric acid groups is 3. The normalized spacial score (nSPS) is 54.7. The van der Waals surface area contributed by atoms with E-state index in [2.05, 4.69) is 9.98 Å². The summed E-state index contributed by atoms with van der Waals surface area (Å²) in [6.07, 6.45) is 0. The highest BCUT2D eigenvalue weighted by atomic mass is 32.3. The Hall–Kier alpha value is -1.16. The van der Waals surface area contributed by atoms with Gasteiger partial charge in [-0.2, -0.15) is 30.9 Å². The van der Waals surface area contributed by atoms with Gasteiger partial charge in [0.05, 0.1) is 0 Å². The van der Waals surface area contributed by atoms with Crippen LogP contribution in [0, 0.1) is 0 Å². The third kappa shape index (κ3) is 1.32. The topological polar surface area (TPSA) is 170 Å². The molecule has 9 aliphatic rings. The van der Waals surface area contributed by atoms with Crippen LogP contribution in [0.15, 0.2) is 4.99 Å². The Bertz CT molecular complexity index is 1140. The maximum absolute atomic E-state index is 13.0. The summed E-state index contributed by atoms with van der Waals surface area (Å²) in [6, 6.07) is -0.435. The molecule has 10 rings (SSSR count). The first-order valence-electron chi connectivity index (χ1n) is 6.55. The van der Waals surface area contributed by atoms with Crippen LogP contribution in [0.2, 0.25) is 0 Å². The fraction of sp³-hybridized carbons (Fsp3) is 0.200. The molecule has 0 aliphatic carbocycles. The van der Waals surface area contributed by atoms with Crippen molar-refractivity contribution in [2.24, 2.45) is 4.99 Å². The molecule has 138 valence electrons. The maximum Gasteiger partial charge on any atom is 0.571 e. The summed E-state index contributed by atoms with van der Waals surface area (Å²) >= 11 is -3.21. The summed E-state index contributed by atoms with van der Waals surface area (Å²) in [5.41, 5.74) is 0.0968. The molecule has 21 heteroatoms. The highest BCUT2D eigenvalue weighted by Crippen LogP contribution is 3.01. The number of nitrogens with zero attached hydrogens (tertiary/aromatic N) is 5. The van der Waals surface area contributed by atoms with Crippen LogP contribution in [-0.4, -0.2) is 20.8 Å². The van der Waals surface area contributed by atoms with Crippen molar-refractivity contribution in [3.8, 4) is 6.01 Å². The maximum atomic E-state index is 13.0. The molecule has 1 unspecified atom stereocenters. The van der Waals surface area contributed by atoms with E-state index >= 15 is 0 Å². The standard InChI is InChI=1S/C5N5O12P3S/c11-23(19-26-20-25(13,21-26)22-26)14-4-6-2-1-5(7-3-8(2)10(3)18-23)15-24(12,16-5)17-9(1)4. The fourth-order valence-electron chi connectivity index (χ4n) is 2.89. The molecule has 6 bridgehead atoms.